The minimum atomic E-state index is -0.349. The first-order valence-corrected chi connectivity index (χ1v) is 9.10. The van der Waals surface area contributed by atoms with E-state index in [1.807, 2.05) is 0 Å². The highest BCUT2D eigenvalue weighted by atomic mass is 16.5. The van der Waals surface area contributed by atoms with Crippen molar-refractivity contribution in [2.24, 2.45) is 0 Å². The van der Waals surface area contributed by atoms with Crippen LogP contribution >= 0.6 is 0 Å². The van der Waals surface area contributed by atoms with Crippen LogP contribution in [0.25, 0.3) is 0 Å². The van der Waals surface area contributed by atoms with Gasteiger partial charge in [0.2, 0.25) is 0 Å². The molecule has 0 spiro atoms. The van der Waals surface area contributed by atoms with Crippen LogP contribution in [0.2, 0.25) is 0 Å². The minimum absolute atomic E-state index is 0.248. The van der Waals surface area contributed by atoms with Crippen LogP contribution < -0.4 is 4.74 Å². The van der Waals surface area contributed by atoms with Gasteiger partial charge >= 0.3 is 5.97 Å². The number of rotatable bonds is 5. The molecule has 1 fully saturated rings. The molecule has 0 atom stereocenters. The number of aryl methyl sites for hydroxylation is 3. The molecule has 0 unspecified atom stereocenters. The maximum atomic E-state index is 11.7. The van der Waals surface area contributed by atoms with Crippen LogP contribution in [0.15, 0.2) is 28.7 Å². The SMILES string of the molecule is COC(=O)c1cc(CN2CCC(Oc3ccc(C)c(C)c3)CC2)oc1C. The molecule has 0 amide bonds. The third-order valence-corrected chi connectivity index (χ3v) is 5.07. The second-order valence-electron chi connectivity index (χ2n) is 7.01. The van der Waals surface area contributed by atoms with Crippen LogP contribution in [0.3, 0.4) is 0 Å². The molecule has 3 rings (SSSR count). The molecule has 0 bridgehead atoms. The summed E-state index contributed by atoms with van der Waals surface area (Å²) in [5, 5.41) is 0. The molecule has 140 valence electrons. The van der Waals surface area contributed by atoms with E-state index in [4.69, 9.17) is 13.9 Å². The molecule has 2 heterocycles. The van der Waals surface area contributed by atoms with Gasteiger partial charge in [-0.05, 0) is 62.9 Å². The number of furan rings is 1. The Hall–Kier alpha value is -2.27. The van der Waals surface area contributed by atoms with Crippen LogP contribution in [-0.2, 0) is 11.3 Å². The minimum Gasteiger partial charge on any atom is -0.490 e. The first-order chi connectivity index (χ1) is 12.5. The van der Waals surface area contributed by atoms with Gasteiger partial charge in [-0.25, -0.2) is 4.79 Å². The molecule has 5 heteroatoms. The van der Waals surface area contributed by atoms with Crippen LogP contribution in [0.5, 0.6) is 5.75 Å². The third-order valence-electron chi connectivity index (χ3n) is 5.07. The van der Waals surface area contributed by atoms with Crippen LogP contribution in [0.4, 0.5) is 0 Å². The van der Waals surface area contributed by atoms with Gasteiger partial charge in [-0.1, -0.05) is 6.07 Å². The van der Waals surface area contributed by atoms with Gasteiger partial charge in [-0.15, -0.1) is 0 Å². The number of methoxy groups -OCH3 is 1. The lowest BCUT2D eigenvalue weighted by molar-refractivity contribution is 0.0598. The summed E-state index contributed by atoms with van der Waals surface area (Å²) in [6.45, 7) is 8.61. The predicted octanol–water partition coefficient (Wildman–Crippen LogP) is 4.03. The van der Waals surface area contributed by atoms with Gasteiger partial charge in [0.25, 0.3) is 0 Å². The summed E-state index contributed by atoms with van der Waals surface area (Å²) in [5.74, 6) is 2.02. The fraction of sp³-hybridized carbons (Fsp3) is 0.476. The Morgan fingerprint density at radius 2 is 1.88 bits per heavy atom. The number of esters is 1. The van der Waals surface area contributed by atoms with E-state index in [9.17, 15) is 4.79 Å². The highest BCUT2D eigenvalue weighted by Crippen LogP contribution is 2.23. The Labute approximate surface area is 154 Å². The molecule has 0 radical (unpaired) electrons. The number of piperidine rings is 1. The maximum Gasteiger partial charge on any atom is 0.341 e. The molecule has 1 aliphatic heterocycles. The van der Waals surface area contributed by atoms with Crippen LogP contribution in [-0.4, -0.2) is 37.2 Å². The van der Waals surface area contributed by atoms with E-state index in [0.717, 1.165) is 37.4 Å². The number of hydrogen-bond acceptors (Lipinski definition) is 5. The standard InChI is InChI=1S/C21H27NO4/c1-14-5-6-18(11-15(14)2)26-17-7-9-22(10-8-17)13-19-12-20(16(3)25-19)21(23)24-4/h5-6,11-12,17H,7-10,13H2,1-4H3. The number of hydrogen-bond donors (Lipinski definition) is 0. The quantitative estimate of drug-likeness (QED) is 0.756. The smallest absolute Gasteiger partial charge is 0.341 e. The average molecular weight is 357 g/mol. The lowest BCUT2D eigenvalue weighted by atomic mass is 10.1. The second-order valence-corrected chi connectivity index (χ2v) is 7.01. The van der Waals surface area contributed by atoms with E-state index in [0.29, 0.717) is 17.9 Å². The zero-order valence-electron chi connectivity index (χ0n) is 16.0. The lowest BCUT2D eigenvalue weighted by Crippen LogP contribution is -2.37. The summed E-state index contributed by atoms with van der Waals surface area (Å²) < 4.78 is 16.6. The monoisotopic (exact) mass is 357 g/mol. The maximum absolute atomic E-state index is 11.7. The molecule has 0 saturated carbocycles. The number of benzene rings is 1. The van der Waals surface area contributed by atoms with E-state index in [2.05, 4.69) is 36.9 Å². The topological polar surface area (TPSA) is 51.9 Å². The van der Waals surface area contributed by atoms with E-state index >= 15 is 0 Å². The molecule has 1 saturated heterocycles. The van der Waals surface area contributed by atoms with Crippen molar-refractivity contribution < 1.29 is 18.7 Å². The molecule has 1 aliphatic rings. The van der Waals surface area contributed by atoms with Crippen molar-refractivity contribution in [1.82, 2.24) is 4.90 Å². The number of ether oxygens (including phenoxy) is 2. The normalized spacial score (nSPS) is 15.8. The van der Waals surface area contributed by atoms with Gasteiger partial charge in [0, 0.05) is 13.1 Å². The first kappa shape index (κ1) is 18.5. The number of nitrogens with zero attached hydrogens (tertiary/aromatic N) is 1. The molecular weight excluding hydrogens is 330 g/mol. The van der Waals surface area contributed by atoms with Crippen molar-refractivity contribution in [2.45, 2.75) is 46.3 Å². The summed E-state index contributed by atoms with van der Waals surface area (Å²) in [7, 11) is 1.38. The Morgan fingerprint density at radius 1 is 1.15 bits per heavy atom. The van der Waals surface area contributed by atoms with Gasteiger partial charge in [0.05, 0.1) is 13.7 Å². The summed E-state index contributed by atoms with van der Waals surface area (Å²) in [6.07, 6.45) is 2.21. The summed E-state index contributed by atoms with van der Waals surface area (Å²) in [5.41, 5.74) is 3.05. The second kappa shape index (κ2) is 7.96. The highest BCUT2D eigenvalue weighted by molar-refractivity contribution is 5.90. The predicted molar refractivity (Wildman–Crippen MR) is 99.6 cm³/mol. The molecule has 26 heavy (non-hydrogen) atoms. The summed E-state index contributed by atoms with van der Waals surface area (Å²) in [6, 6.07) is 8.06. The molecule has 2 aromatic rings. The Balaban J connectivity index is 1.52. The lowest BCUT2D eigenvalue weighted by Gasteiger charge is -2.31. The van der Waals surface area contributed by atoms with Gasteiger partial charge in [0.1, 0.15) is 28.9 Å². The summed E-state index contributed by atoms with van der Waals surface area (Å²) in [4.78, 5) is 14.0. The first-order valence-electron chi connectivity index (χ1n) is 9.10. The van der Waals surface area contributed by atoms with Gasteiger partial charge < -0.3 is 13.9 Å². The van der Waals surface area contributed by atoms with Crippen molar-refractivity contribution in [3.8, 4) is 5.75 Å². The molecule has 0 aliphatic carbocycles. The summed E-state index contributed by atoms with van der Waals surface area (Å²) >= 11 is 0. The van der Waals surface area contributed by atoms with E-state index in [1.54, 1.807) is 13.0 Å². The van der Waals surface area contributed by atoms with E-state index in [1.165, 1.54) is 18.2 Å². The largest absolute Gasteiger partial charge is 0.490 e. The Kier molecular flexibility index (Phi) is 5.67. The Morgan fingerprint density at radius 3 is 2.54 bits per heavy atom. The molecule has 0 N–H and O–H groups in total. The molecular formula is C21H27NO4. The van der Waals surface area contributed by atoms with Crippen molar-refractivity contribution in [1.29, 1.82) is 0 Å². The Bertz CT molecular complexity index is 772. The fourth-order valence-electron chi connectivity index (χ4n) is 3.32. The van der Waals surface area contributed by atoms with E-state index < -0.39 is 0 Å². The number of carbonyl (C=O) groups excluding carboxylic acids is 1. The average Bonchev–Trinajstić information content (AvgIpc) is 2.99. The van der Waals surface area contributed by atoms with Gasteiger partial charge in [0.15, 0.2) is 0 Å². The van der Waals surface area contributed by atoms with Crippen LogP contribution in [0, 0.1) is 20.8 Å². The number of likely N-dealkylation sites (tertiary alicyclic amines) is 1. The van der Waals surface area contributed by atoms with Gasteiger partial charge in [-0.3, -0.25) is 4.90 Å². The van der Waals surface area contributed by atoms with Crippen molar-refractivity contribution in [3.63, 3.8) is 0 Å². The fourth-order valence-corrected chi connectivity index (χ4v) is 3.32. The third kappa shape index (κ3) is 4.28. The van der Waals surface area contributed by atoms with Crippen molar-refractivity contribution in [2.75, 3.05) is 20.2 Å². The zero-order valence-corrected chi connectivity index (χ0v) is 16.0. The molecule has 1 aromatic heterocycles. The zero-order chi connectivity index (χ0) is 18.7. The van der Waals surface area contributed by atoms with E-state index in [-0.39, 0.29) is 12.1 Å². The van der Waals surface area contributed by atoms with Crippen LogP contribution in [0.1, 0.15) is 45.8 Å². The molecule has 5 nitrogen and oxygen atoms in total. The van der Waals surface area contributed by atoms with Gasteiger partial charge in [-0.2, -0.15) is 0 Å². The highest BCUT2D eigenvalue weighted by Gasteiger charge is 2.23. The van der Waals surface area contributed by atoms with Crippen molar-refractivity contribution in [3.05, 3.63) is 52.5 Å². The molecule has 1 aromatic carbocycles. The number of carbonyl (C=O) groups is 1. The van der Waals surface area contributed by atoms with Crippen molar-refractivity contribution >= 4 is 5.97 Å².